The highest BCUT2D eigenvalue weighted by molar-refractivity contribution is 7.98. The number of rotatable bonds is 4. The third kappa shape index (κ3) is 3.34. The number of carbonyl (C=O) groups is 1. The monoisotopic (exact) mass is 314 g/mol. The molecule has 1 fully saturated rings. The molecular weight excluding hydrogens is 296 g/mol. The first kappa shape index (κ1) is 15.3. The van der Waals surface area contributed by atoms with E-state index >= 15 is 0 Å². The molecule has 110 valence electrons. The van der Waals surface area contributed by atoms with Crippen molar-refractivity contribution in [3.05, 3.63) is 29.8 Å². The molecule has 1 aromatic rings. The number of nitrogens with zero attached hydrogens (tertiary/aromatic N) is 1. The lowest BCUT2D eigenvalue weighted by molar-refractivity contribution is 0.0750. The van der Waals surface area contributed by atoms with Crippen LogP contribution >= 0.6 is 11.8 Å². The summed E-state index contributed by atoms with van der Waals surface area (Å²) in [5.41, 5.74) is 0.505. The van der Waals surface area contributed by atoms with E-state index in [0.29, 0.717) is 5.56 Å². The molecule has 0 aliphatic carbocycles. The maximum atomic E-state index is 12.4. The molecule has 0 saturated carbocycles. The number of hydrogen-bond donors (Lipinski definition) is 1. The molecule has 1 heterocycles. The van der Waals surface area contributed by atoms with E-state index in [1.807, 2.05) is 11.2 Å². The summed E-state index contributed by atoms with van der Waals surface area (Å²) in [6.45, 7) is 0.765. The van der Waals surface area contributed by atoms with Gasteiger partial charge in [0.15, 0.2) is 0 Å². The number of benzene rings is 1. The molecule has 20 heavy (non-hydrogen) atoms. The zero-order chi connectivity index (χ0) is 14.8. The first-order valence-electron chi connectivity index (χ1n) is 6.36. The van der Waals surface area contributed by atoms with Gasteiger partial charge in [-0.1, -0.05) is 0 Å². The first-order chi connectivity index (χ1) is 9.43. The van der Waals surface area contributed by atoms with Crippen molar-refractivity contribution in [1.29, 1.82) is 0 Å². The van der Waals surface area contributed by atoms with Gasteiger partial charge in [0.1, 0.15) is 0 Å². The molecule has 2 N–H and O–H groups in total. The molecule has 0 aromatic heterocycles. The van der Waals surface area contributed by atoms with Gasteiger partial charge in [-0.2, -0.15) is 11.8 Å². The zero-order valence-electron chi connectivity index (χ0n) is 11.3. The minimum absolute atomic E-state index is 0.0242. The Balaban J connectivity index is 2.17. The van der Waals surface area contributed by atoms with E-state index in [4.69, 9.17) is 5.14 Å². The Hall–Kier alpha value is -1.05. The van der Waals surface area contributed by atoms with Gasteiger partial charge in [0.2, 0.25) is 10.0 Å². The normalized spacial score (nSPS) is 19.3. The highest BCUT2D eigenvalue weighted by Gasteiger charge is 2.28. The van der Waals surface area contributed by atoms with Gasteiger partial charge >= 0.3 is 0 Å². The zero-order valence-corrected chi connectivity index (χ0v) is 12.9. The summed E-state index contributed by atoms with van der Waals surface area (Å²) in [6, 6.07) is 6.08. The van der Waals surface area contributed by atoms with Crippen molar-refractivity contribution < 1.29 is 13.2 Å². The number of likely N-dealkylation sites (tertiary alicyclic amines) is 1. The predicted molar refractivity (Wildman–Crippen MR) is 80.3 cm³/mol. The van der Waals surface area contributed by atoms with E-state index in [-0.39, 0.29) is 16.8 Å². The van der Waals surface area contributed by atoms with E-state index in [1.165, 1.54) is 24.3 Å². The van der Waals surface area contributed by atoms with Crippen molar-refractivity contribution >= 4 is 27.7 Å². The van der Waals surface area contributed by atoms with Gasteiger partial charge in [-0.25, -0.2) is 13.6 Å². The van der Waals surface area contributed by atoms with Crippen LogP contribution in [0, 0.1) is 0 Å². The Kier molecular flexibility index (Phi) is 4.72. The molecule has 2 rings (SSSR count). The average molecular weight is 314 g/mol. The van der Waals surface area contributed by atoms with E-state index in [0.717, 1.165) is 25.1 Å². The van der Waals surface area contributed by atoms with Crippen LogP contribution in [0.15, 0.2) is 29.2 Å². The van der Waals surface area contributed by atoms with E-state index in [9.17, 15) is 13.2 Å². The molecular formula is C13H18N2O3S2. The lowest BCUT2D eigenvalue weighted by atomic mass is 10.2. The SMILES string of the molecule is CSC[C@@H]1CCCN1C(=O)c1ccc(S(N)(=O)=O)cc1. The number of sulfonamides is 1. The largest absolute Gasteiger partial charge is 0.335 e. The highest BCUT2D eigenvalue weighted by atomic mass is 32.2. The Morgan fingerprint density at radius 3 is 2.60 bits per heavy atom. The fourth-order valence-electron chi connectivity index (χ4n) is 2.42. The van der Waals surface area contributed by atoms with Gasteiger partial charge in [0.25, 0.3) is 5.91 Å². The van der Waals surface area contributed by atoms with Gasteiger partial charge in [-0.15, -0.1) is 0 Å². The Bertz CT molecular complexity index is 584. The van der Waals surface area contributed by atoms with Crippen molar-refractivity contribution in [2.24, 2.45) is 5.14 Å². The summed E-state index contributed by atoms with van der Waals surface area (Å²) < 4.78 is 22.4. The molecule has 1 aromatic carbocycles. The van der Waals surface area contributed by atoms with Crippen LogP contribution in [-0.4, -0.2) is 43.8 Å². The molecule has 0 unspecified atom stereocenters. The van der Waals surface area contributed by atoms with Crippen molar-refractivity contribution in [1.82, 2.24) is 4.90 Å². The fraction of sp³-hybridized carbons (Fsp3) is 0.462. The Morgan fingerprint density at radius 2 is 2.05 bits per heavy atom. The van der Waals surface area contributed by atoms with Crippen LogP contribution in [-0.2, 0) is 10.0 Å². The number of amides is 1. The lowest BCUT2D eigenvalue weighted by Gasteiger charge is -2.24. The summed E-state index contributed by atoms with van der Waals surface area (Å²) in [7, 11) is -3.71. The Morgan fingerprint density at radius 1 is 1.40 bits per heavy atom. The molecule has 1 aliphatic rings. The number of thioether (sulfide) groups is 1. The molecule has 5 nitrogen and oxygen atoms in total. The summed E-state index contributed by atoms with van der Waals surface area (Å²) >= 11 is 1.73. The smallest absolute Gasteiger partial charge is 0.254 e. The van der Waals surface area contributed by atoms with Crippen LogP contribution in [0.4, 0.5) is 0 Å². The predicted octanol–water partition coefficient (Wildman–Crippen LogP) is 1.30. The average Bonchev–Trinajstić information content (AvgIpc) is 2.86. The van der Waals surface area contributed by atoms with Crippen LogP contribution < -0.4 is 5.14 Å². The van der Waals surface area contributed by atoms with Gasteiger partial charge in [0, 0.05) is 23.9 Å². The third-order valence-electron chi connectivity index (χ3n) is 3.43. The van der Waals surface area contributed by atoms with Crippen molar-refractivity contribution in [2.45, 2.75) is 23.8 Å². The van der Waals surface area contributed by atoms with Crippen molar-refractivity contribution in [3.8, 4) is 0 Å². The number of primary sulfonamides is 1. The van der Waals surface area contributed by atoms with Crippen LogP contribution in [0.1, 0.15) is 23.2 Å². The molecule has 7 heteroatoms. The second kappa shape index (κ2) is 6.15. The van der Waals surface area contributed by atoms with Crippen molar-refractivity contribution in [2.75, 3.05) is 18.6 Å². The quantitative estimate of drug-likeness (QED) is 0.908. The molecule has 1 aliphatic heterocycles. The second-order valence-electron chi connectivity index (χ2n) is 4.82. The van der Waals surface area contributed by atoms with E-state index in [2.05, 4.69) is 0 Å². The second-order valence-corrected chi connectivity index (χ2v) is 7.29. The standard InChI is InChI=1S/C13H18N2O3S2/c1-19-9-11-3-2-8-15(11)13(16)10-4-6-12(7-5-10)20(14,17)18/h4-7,11H,2-3,8-9H2,1H3,(H2,14,17,18)/t11-/m0/s1. The van der Waals surface area contributed by atoms with Gasteiger partial charge in [-0.3, -0.25) is 4.79 Å². The molecule has 1 amide bonds. The highest BCUT2D eigenvalue weighted by Crippen LogP contribution is 2.23. The van der Waals surface area contributed by atoms with Crippen LogP contribution in [0.25, 0.3) is 0 Å². The third-order valence-corrected chi connectivity index (χ3v) is 5.07. The lowest BCUT2D eigenvalue weighted by Crippen LogP contribution is -2.36. The van der Waals surface area contributed by atoms with Crippen LogP contribution in [0.3, 0.4) is 0 Å². The first-order valence-corrected chi connectivity index (χ1v) is 9.30. The molecule has 1 atom stereocenters. The summed E-state index contributed by atoms with van der Waals surface area (Å²) in [5.74, 6) is 0.892. The van der Waals surface area contributed by atoms with Gasteiger partial charge < -0.3 is 4.90 Å². The minimum Gasteiger partial charge on any atom is -0.335 e. The topological polar surface area (TPSA) is 80.5 Å². The van der Waals surface area contributed by atoms with Gasteiger partial charge in [-0.05, 0) is 43.4 Å². The molecule has 0 bridgehead atoms. The molecule has 0 radical (unpaired) electrons. The summed E-state index contributed by atoms with van der Waals surface area (Å²) in [4.78, 5) is 14.3. The molecule has 1 saturated heterocycles. The minimum atomic E-state index is -3.71. The summed E-state index contributed by atoms with van der Waals surface area (Å²) in [5, 5.41) is 5.04. The fourth-order valence-corrected chi connectivity index (χ4v) is 3.67. The van der Waals surface area contributed by atoms with Crippen LogP contribution in [0.5, 0.6) is 0 Å². The molecule has 0 spiro atoms. The number of carbonyl (C=O) groups excluding carboxylic acids is 1. The van der Waals surface area contributed by atoms with Gasteiger partial charge in [0.05, 0.1) is 4.90 Å². The number of hydrogen-bond acceptors (Lipinski definition) is 4. The number of nitrogens with two attached hydrogens (primary N) is 1. The maximum Gasteiger partial charge on any atom is 0.254 e. The van der Waals surface area contributed by atoms with Crippen molar-refractivity contribution in [3.63, 3.8) is 0 Å². The van der Waals surface area contributed by atoms with E-state index in [1.54, 1.807) is 11.8 Å². The Labute approximate surface area is 123 Å². The maximum absolute atomic E-state index is 12.4. The van der Waals surface area contributed by atoms with E-state index < -0.39 is 10.0 Å². The van der Waals surface area contributed by atoms with Crippen LogP contribution in [0.2, 0.25) is 0 Å². The summed E-state index contributed by atoms with van der Waals surface area (Å²) in [6.07, 6.45) is 4.08.